The summed E-state index contributed by atoms with van der Waals surface area (Å²) < 4.78 is 11.0. The van der Waals surface area contributed by atoms with Gasteiger partial charge < -0.3 is 19.3 Å². The van der Waals surface area contributed by atoms with E-state index in [0.717, 1.165) is 74.3 Å². The zero-order chi connectivity index (χ0) is 15.6. The lowest BCUT2D eigenvalue weighted by Crippen LogP contribution is -2.38. The molecule has 2 aliphatic rings. The second-order valence-electron chi connectivity index (χ2n) is 5.86. The highest BCUT2D eigenvalue weighted by Crippen LogP contribution is 2.32. The van der Waals surface area contributed by atoms with Crippen LogP contribution in [-0.4, -0.2) is 57.6 Å². The van der Waals surface area contributed by atoms with Crippen molar-refractivity contribution in [3.63, 3.8) is 0 Å². The van der Waals surface area contributed by atoms with Crippen molar-refractivity contribution in [2.24, 2.45) is 0 Å². The molecule has 4 rings (SSSR count). The van der Waals surface area contributed by atoms with Crippen LogP contribution in [0, 0.1) is 0 Å². The van der Waals surface area contributed by atoms with Gasteiger partial charge in [0.05, 0.1) is 37.6 Å². The summed E-state index contributed by atoms with van der Waals surface area (Å²) >= 11 is 6.22. The molecule has 5 nitrogen and oxygen atoms in total. The Morgan fingerprint density at radius 2 is 1.52 bits per heavy atom. The number of rotatable bonds is 2. The number of aromatic nitrogens is 1. The molecule has 23 heavy (non-hydrogen) atoms. The second kappa shape index (κ2) is 6.51. The molecule has 0 unspecified atom stereocenters. The molecule has 0 N–H and O–H groups in total. The number of fused-ring (bicyclic) bond motifs is 1. The molecule has 0 aliphatic carbocycles. The number of ether oxygens (including phenoxy) is 2. The summed E-state index contributed by atoms with van der Waals surface area (Å²) in [4.78, 5) is 9.51. The summed E-state index contributed by atoms with van der Waals surface area (Å²) in [6, 6.07) is 8.11. The average Bonchev–Trinajstić information content (AvgIpc) is 2.62. The van der Waals surface area contributed by atoms with E-state index >= 15 is 0 Å². The van der Waals surface area contributed by atoms with E-state index in [-0.39, 0.29) is 0 Å². The van der Waals surface area contributed by atoms with Crippen LogP contribution in [0.5, 0.6) is 0 Å². The van der Waals surface area contributed by atoms with Crippen molar-refractivity contribution in [3.05, 3.63) is 29.3 Å². The minimum absolute atomic E-state index is 0.743. The monoisotopic (exact) mass is 333 g/mol. The van der Waals surface area contributed by atoms with Gasteiger partial charge in [0.25, 0.3) is 0 Å². The van der Waals surface area contributed by atoms with Crippen LogP contribution in [0.2, 0.25) is 5.02 Å². The van der Waals surface area contributed by atoms with Crippen molar-refractivity contribution in [2.75, 3.05) is 62.4 Å². The van der Waals surface area contributed by atoms with Crippen LogP contribution in [0.25, 0.3) is 10.9 Å². The van der Waals surface area contributed by atoms with Gasteiger partial charge in [0.2, 0.25) is 0 Å². The van der Waals surface area contributed by atoms with Crippen LogP contribution in [0.3, 0.4) is 0 Å². The summed E-state index contributed by atoms with van der Waals surface area (Å²) in [6.07, 6.45) is 0. The number of nitrogens with zero attached hydrogens (tertiary/aromatic N) is 3. The molecule has 2 fully saturated rings. The third kappa shape index (κ3) is 3.09. The van der Waals surface area contributed by atoms with Gasteiger partial charge in [0.15, 0.2) is 0 Å². The maximum atomic E-state index is 6.22. The Labute approximate surface area is 140 Å². The van der Waals surface area contributed by atoms with Crippen molar-refractivity contribution in [1.29, 1.82) is 0 Å². The van der Waals surface area contributed by atoms with Gasteiger partial charge in [0, 0.05) is 42.7 Å². The Morgan fingerprint density at radius 3 is 2.22 bits per heavy atom. The fraction of sp³-hybridized carbons (Fsp3) is 0.471. The molecular weight excluding hydrogens is 314 g/mol. The van der Waals surface area contributed by atoms with Crippen LogP contribution in [0.4, 0.5) is 11.5 Å². The number of benzene rings is 1. The minimum atomic E-state index is 0.743. The van der Waals surface area contributed by atoms with Gasteiger partial charge in [-0.05, 0) is 18.2 Å². The van der Waals surface area contributed by atoms with E-state index in [9.17, 15) is 0 Å². The number of anilines is 2. The first-order valence-electron chi connectivity index (χ1n) is 8.07. The minimum Gasteiger partial charge on any atom is -0.378 e. The van der Waals surface area contributed by atoms with Gasteiger partial charge >= 0.3 is 0 Å². The van der Waals surface area contributed by atoms with Gasteiger partial charge in [-0.3, -0.25) is 0 Å². The first-order valence-corrected chi connectivity index (χ1v) is 8.45. The van der Waals surface area contributed by atoms with Crippen molar-refractivity contribution in [1.82, 2.24) is 4.98 Å². The molecule has 0 radical (unpaired) electrons. The summed E-state index contributed by atoms with van der Waals surface area (Å²) in [7, 11) is 0. The van der Waals surface area contributed by atoms with Crippen LogP contribution in [0.1, 0.15) is 0 Å². The lowest BCUT2D eigenvalue weighted by Gasteiger charge is -2.32. The molecule has 0 bridgehead atoms. The molecule has 1 aromatic heterocycles. The maximum Gasteiger partial charge on any atom is 0.131 e. The third-order valence-electron chi connectivity index (χ3n) is 4.42. The Balaban J connectivity index is 1.80. The highest BCUT2D eigenvalue weighted by Gasteiger charge is 2.19. The van der Waals surface area contributed by atoms with Crippen molar-refractivity contribution >= 4 is 34.0 Å². The van der Waals surface area contributed by atoms with Crippen molar-refractivity contribution in [3.8, 4) is 0 Å². The molecule has 2 aromatic rings. The van der Waals surface area contributed by atoms with Crippen molar-refractivity contribution < 1.29 is 9.47 Å². The number of morpholine rings is 2. The van der Waals surface area contributed by atoms with Crippen molar-refractivity contribution in [2.45, 2.75) is 0 Å². The molecule has 0 spiro atoms. The molecule has 2 saturated heterocycles. The van der Waals surface area contributed by atoms with E-state index in [1.165, 1.54) is 5.69 Å². The number of hydrogen-bond donors (Lipinski definition) is 0. The predicted octanol–water partition coefficient (Wildman–Crippen LogP) is 2.56. The van der Waals surface area contributed by atoms with Gasteiger partial charge in [-0.25, -0.2) is 4.98 Å². The molecule has 0 atom stereocenters. The zero-order valence-electron chi connectivity index (χ0n) is 13.0. The number of halogens is 1. The third-order valence-corrected chi connectivity index (χ3v) is 4.66. The molecule has 1 aromatic carbocycles. The first-order chi connectivity index (χ1) is 11.3. The van der Waals surface area contributed by atoms with Gasteiger partial charge in [-0.1, -0.05) is 11.6 Å². The number of pyridine rings is 1. The molecule has 6 heteroatoms. The largest absolute Gasteiger partial charge is 0.378 e. The summed E-state index contributed by atoms with van der Waals surface area (Å²) in [6.45, 7) is 6.60. The Hall–Kier alpha value is -1.56. The SMILES string of the molecule is Clc1ccc2nc(N3CCOCC3)cc(N3CCOCC3)c2c1. The summed E-state index contributed by atoms with van der Waals surface area (Å²) in [5.74, 6) is 1.02. The fourth-order valence-corrected chi connectivity index (χ4v) is 3.36. The van der Waals surface area contributed by atoms with Gasteiger partial charge in [-0.15, -0.1) is 0 Å². The van der Waals surface area contributed by atoms with E-state index in [1.54, 1.807) is 0 Å². The van der Waals surface area contributed by atoms with Gasteiger partial charge in [0.1, 0.15) is 5.82 Å². The zero-order valence-corrected chi connectivity index (χ0v) is 13.8. The molecule has 2 aliphatic heterocycles. The molecule has 0 amide bonds. The highest BCUT2D eigenvalue weighted by atomic mass is 35.5. The Bertz CT molecular complexity index is 698. The molecule has 0 saturated carbocycles. The van der Waals surface area contributed by atoms with Crippen LogP contribution in [-0.2, 0) is 9.47 Å². The van der Waals surface area contributed by atoms with Crippen LogP contribution in [0.15, 0.2) is 24.3 Å². The van der Waals surface area contributed by atoms with E-state index < -0.39 is 0 Å². The smallest absolute Gasteiger partial charge is 0.131 e. The standard InChI is InChI=1S/C17H20ClN3O2/c18-13-1-2-15-14(11-13)16(20-3-7-22-8-4-20)12-17(19-15)21-5-9-23-10-6-21/h1-2,11-12H,3-10H2. The van der Waals surface area contributed by atoms with E-state index in [2.05, 4.69) is 15.9 Å². The van der Waals surface area contributed by atoms with E-state index in [0.29, 0.717) is 0 Å². The van der Waals surface area contributed by atoms with Gasteiger partial charge in [-0.2, -0.15) is 0 Å². The fourth-order valence-electron chi connectivity index (χ4n) is 3.19. The topological polar surface area (TPSA) is 37.8 Å². The average molecular weight is 334 g/mol. The molecular formula is C17H20ClN3O2. The quantitative estimate of drug-likeness (QED) is 0.844. The summed E-state index contributed by atoms with van der Waals surface area (Å²) in [5, 5.41) is 1.85. The lowest BCUT2D eigenvalue weighted by atomic mass is 10.1. The summed E-state index contributed by atoms with van der Waals surface area (Å²) in [5.41, 5.74) is 2.18. The van der Waals surface area contributed by atoms with E-state index in [4.69, 9.17) is 26.1 Å². The molecule has 122 valence electrons. The normalized spacial score (nSPS) is 19.3. The predicted molar refractivity (Wildman–Crippen MR) is 92.8 cm³/mol. The first kappa shape index (κ1) is 15.0. The number of hydrogen-bond acceptors (Lipinski definition) is 5. The highest BCUT2D eigenvalue weighted by molar-refractivity contribution is 6.31. The van der Waals surface area contributed by atoms with Crippen LogP contribution < -0.4 is 9.80 Å². The molecule has 3 heterocycles. The van der Waals surface area contributed by atoms with E-state index in [1.807, 2.05) is 18.2 Å². The Morgan fingerprint density at radius 1 is 0.870 bits per heavy atom. The lowest BCUT2D eigenvalue weighted by molar-refractivity contribution is 0.122. The maximum absolute atomic E-state index is 6.22. The van der Waals surface area contributed by atoms with Crippen LogP contribution >= 0.6 is 11.6 Å². The second-order valence-corrected chi connectivity index (χ2v) is 6.30. The Kier molecular flexibility index (Phi) is 4.25.